The van der Waals surface area contributed by atoms with E-state index in [0.717, 1.165) is 46.0 Å². The Morgan fingerprint density at radius 2 is 1.79 bits per heavy atom. The molecule has 0 bridgehead atoms. The van der Waals surface area contributed by atoms with Crippen molar-refractivity contribution >= 4 is 34.7 Å². The molecule has 5 heteroatoms. The van der Waals surface area contributed by atoms with Crippen molar-refractivity contribution in [2.45, 2.75) is 26.7 Å². The van der Waals surface area contributed by atoms with Crippen LogP contribution in [0, 0.1) is 13.8 Å². The standard InChI is InChI=1S/C24H25N3OS/c1-5-16(2)19-12-9-14-21(25-19)26-22-15-7-6-13-20(29-22)24(28)27-23-17(3)10-8-11-18(23)4/h5,8-15H,1-2,6-7H2,3-4H3,(H,25,26)(H,27,28). The molecule has 2 aromatic rings. The van der Waals surface area contributed by atoms with Crippen LogP contribution < -0.4 is 10.6 Å². The van der Waals surface area contributed by atoms with Gasteiger partial charge >= 0.3 is 0 Å². The molecule has 0 fully saturated rings. The first-order valence-corrected chi connectivity index (χ1v) is 10.3. The van der Waals surface area contributed by atoms with Crippen molar-refractivity contribution in [2.24, 2.45) is 0 Å². The molecule has 1 aromatic heterocycles. The van der Waals surface area contributed by atoms with Crippen LogP contribution in [0.4, 0.5) is 11.5 Å². The summed E-state index contributed by atoms with van der Waals surface area (Å²) in [5.74, 6) is 0.615. The van der Waals surface area contributed by atoms with Gasteiger partial charge in [-0.1, -0.05) is 67.4 Å². The molecule has 0 unspecified atom stereocenters. The van der Waals surface area contributed by atoms with E-state index in [0.29, 0.717) is 10.7 Å². The molecule has 1 aliphatic rings. The highest BCUT2D eigenvalue weighted by Gasteiger charge is 2.17. The van der Waals surface area contributed by atoms with Gasteiger partial charge in [0.15, 0.2) is 0 Å². The number of allylic oxidation sites excluding steroid dienone is 4. The van der Waals surface area contributed by atoms with Gasteiger partial charge in [-0.15, -0.1) is 0 Å². The second kappa shape index (κ2) is 9.43. The third-order valence-electron chi connectivity index (χ3n) is 4.57. The van der Waals surface area contributed by atoms with E-state index in [1.807, 2.05) is 56.3 Å². The summed E-state index contributed by atoms with van der Waals surface area (Å²) in [5.41, 5.74) is 4.52. The summed E-state index contributed by atoms with van der Waals surface area (Å²) in [5, 5.41) is 7.29. The summed E-state index contributed by atoms with van der Waals surface area (Å²) in [6.45, 7) is 11.7. The third-order valence-corrected chi connectivity index (χ3v) is 5.63. The molecule has 148 valence electrons. The van der Waals surface area contributed by atoms with Gasteiger partial charge in [-0.05, 0) is 55.5 Å². The first-order chi connectivity index (χ1) is 14.0. The van der Waals surface area contributed by atoms with E-state index in [1.165, 1.54) is 11.8 Å². The van der Waals surface area contributed by atoms with Crippen LogP contribution in [0.25, 0.3) is 5.57 Å². The lowest BCUT2D eigenvalue weighted by molar-refractivity contribution is -0.112. The van der Waals surface area contributed by atoms with Gasteiger partial charge in [0, 0.05) is 5.69 Å². The monoisotopic (exact) mass is 403 g/mol. The fourth-order valence-electron chi connectivity index (χ4n) is 2.95. The number of hydrogen-bond acceptors (Lipinski definition) is 4. The van der Waals surface area contributed by atoms with E-state index in [1.54, 1.807) is 6.08 Å². The van der Waals surface area contributed by atoms with Crippen molar-refractivity contribution < 1.29 is 4.79 Å². The van der Waals surface area contributed by atoms with Crippen LogP contribution in [0.3, 0.4) is 0 Å². The number of nitrogens with zero attached hydrogens (tertiary/aromatic N) is 1. The third kappa shape index (κ3) is 5.27. The maximum atomic E-state index is 12.9. The van der Waals surface area contributed by atoms with Crippen molar-refractivity contribution in [3.05, 3.63) is 94.5 Å². The minimum Gasteiger partial charge on any atom is -0.335 e. The van der Waals surface area contributed by atoms with Gasteiger partial charge in [-0.2, -0.15) is 0 Å². The van der Waals surface area contributed by atoms with Crippen molar-refractivity contribution in [1.82, 2.24) is 4.98 Å². The average Bonchev–Trinajstić information content (AvgIpc) is 2.96. The Morgan fingerprint density at radius 3 is 2.52 bits per heavy atom. The smallest absolute Gasteiger partial charge is 0.262 e. The van der Waals surface area contributed by atoms with E-state index in [4.69, 9.17) is 0 Å². The Kier molecular flexibility index (Phi) is 6.73. The molecule has 3 rings (SSSR count). The number of rotatable bonds is 6. The highest BCUT2D eigenvalue weighted by molar-refractivity contribution is 8.07. The van der Waals surface area contributed by atoms with Gasteiger partial charge in [-0.3, -0.25) is 4.79 Å². The number of carbonyl (C=O) groups is 1. The molecule has 2 heterocycles. The number of hydrogen-bond donors (Lipinski definition) is 2. The topological polar surface area (TPSA) is 54.0 Å². The SMILES string of the molecule is C=CC(=C)c1cccc(NC2=CCCC=C(C(=O)Nc3c(C)cccc3C)S2)n1. The number of aryl methyl sites for hydroxylation is 2. The maximum absolute atomic E-state index is 12.9. The van der Waals surface area contributed by atoms with Crippen LogP contribution in [0.2, 0.25) is 0 Å². The predicted molar refractivity (Wildman–Crippen MR) is 125 cm³/mol. The van der Waals surface area contributed by atoms with Gasteiger partial charge in [0.2, 0.25) is 0 Å². The second-order valence-electron chi connectivity index (χ2n) is 6.80. The number of benzene rings is 1. The zero-order valence-corrected chi connectivity index (χ0v) is 17.6. The molecule has 0 radical (unpaired) electrons. The summed E-state index contributed by atoms with van der Waals surface area (Å²) >= 11 is 1.42. The Balaban J connectivity index is 1.73. The number of carbonyl (C=O) groups excluding carboxylic acids is 1. The Morgan fingerprint density at radius 1 is 1.10 bits per heavy atom. The van der Waals surface area contributed by atoms with E-state index in [9.17, 15) is 4.79 Å². The molecular formula is C24H25N3OS. The Hall–Kier alpha value is -3.05. The van der Waals surface area contributed by atoms with Crippen molar-refractivity contribution in [3.8, 4) is 0 Å². The molecule has 0 spiro atoms. The Bertz CT molecular complexity index is 1000. The van der Waals surface area contributed by atoms with Crippen LogP contribution in [0.15, 0.2) is 77.7 Å². The summed E-state index contributed by atoms with van der Waals surface area (Å²) < 4.78 is 0. The van der Waals surface area contributed by atoms with Crippen molar-refractivity contribution in [1.29, 1.82) is 0 Å². The molecule has 2 N–H and O–H groups in total. The van der Waals surface area contributed by atoms with Gasteiger partial charge in [0.05, 0.1) is 15.6 Å². The van der Waals surface area contributed by atoms with Crippen LogP contribution in [-0.2, 0) is 4.79 Å². The Labute approximate surface area is 176 Å². The molecule has 0 saturated carbocycles. The van der Waals surface area contributed by atoms with Gasteiger partial charge in [-0.25, -0.2) is 4.98 Å². The molecule has 1 amide bonds. The predicted octanol–water partition coefficient (Wildman–Crippen LogP) is 6.20. The van der Waals surface area contributed by atoms with Gasteiger partial charge < -0.3 is 10.6 Å². The number of nitrogens with one attached hydrogen (secondary N) is 2. The molecule has 0 saturated heterocycles. The van der Waals surface area contributed by atoms with E-state index < -0.39 is 0 Å². The van der Waals surface area contributed by atoms with Crippen molar-refractivity contribution in [2.75, 3.05) is 10.6 Å². The number of amides is 1. The largest absolute Gasteiger partial charge is 0.335 e. The molecule has 29 heavy (non-hydrogen) atoms. The van der Waals surface area contributed by atoms with Gasteiger partial charge in [0.25, 0.3) is 5.91 Å². The van der Waals surface area contributed by atoms with Crippen LogP contribution in [-0.4, -0.2) is 10.9 Å². The van der Waals surface area contributed by atoms with Crippen molar-refractivity contribution in [3.63, 3.8) is 0 Å². The second-order valence-corrected chi connectivity index (χ2v) is 7.88. The highest BCUT2D eigenvalue weighted by atomic mass is 32.2. The minimum atomic E-state index is -0.0938. The normalized spacial score (nSPS) is 13.6. The number of thioether (sulfide) groups is 1. The first-order valence-electron chi connectivity index (χ1n) is 9.49. The van der Waals surface area contributed by atoms with E-state index in [2.05, 4.69) is 34.9 Å². The minimum absolute atomic E-state index is 0.0938. The maximum Gasteiger partial charge on any atom is 0.262 e. The molecular weight excluding hydrogens is 378 g/mol. The lowest BCUT2D eigenvalue weighted by Gasteiger charge is -2.14. The number of pyridine rings is 1. The zero-order chi connectivity index (χ0) is 20.8. The lowest BCUT2D eigenvalue weighted by Crippen LogP contribution is -2.15. The quantitative estimate of drug-likeness (QED) is 0.564. The van der Waals surface area contributed by atoms with Crippen LogP contribution in [0.1, 0.15) is 29.7 Å². The highest BCUT2D eigenvalue weighted by Crippen LogP contribution is 2.32. The lowest BCUT2D eigenvalue weighted by atomic mass is 10.1. The molecule has 1 aromatic carbocycles. The zero-order valence-electron chi connectivity index (χ0n) is 16.8. The molecule has 1 aliphatic heterocycles. The van der Waals surface area contributed by atoms with Gasteiger partial charge in [0.1, 0.15) is 5.82 Å². The van der Waals surface area contributed by atoms with E-state index >= 15 is 0 Å². The average molecular weight is 404 g/mol. The summed E-state index contributed by atoms with van der Waals surface area (Å²) in [7, 11) is 0. The molecule has 0 aliphatic carbocycles. The summed E-state index contributed by atoms with van der Waals surface area (Å²) in [6.07, 6.45) is 7.44. The first kappa shape index (κ1) is 20.7. The van der Waals surface area contributed by atoms with Crippen LogP contribution in [0.5, 0.6) is 0 Å². The number of aromatic nitrogens is 1. The fourth-order valence-corrected chi connectivity index (χ4v) is 3.89. The number of anilines is 2. The molecule has 0 atom stereocenters. The van der Waals surface area contributed by atoms with E-state index in [-0.39, 0.29) is 5.91 Å². The summed E-state index contributed by atoms with van der Waals surface area (Å²) in [4.78, 5) is 18.2. The summed E-state index contributed by atoms with van der Waals surface area (Å²) in [6, 6.07) is 11.7. The van der Waals surface area contributed by atoms with Crippen LogP contribution >= 0.6 is 11.8 Å². The molecule has 4 nitrogen and oxygen atoms in total. The fraction of sp³-hybridized carbons (Fsp3) is 0.167. The number of para-hydroxylation sites is 1.